The van der Waals surface area contributed by atoms with E-state index in [2.05, 4.69) is 38.1 Å². The van der Waals surface area contributed by atoms with E-state index in [0.717, 1.165) is 21.3 Å². The van der Waals surface area contributed by atoms with Crippen LogP contribution in [0.4, 0.5) is 5.82 Å². The van der Waals surface area contributed by atoms with Gasteiger partial charge in [-0.25, -0.2) is 9.97 Å². The molecule has 23 heavy (non-hydrogen) atoms. The Morgan fingerprint density at radius 1 is 1.22 bits per heavy atom. The van der Waals surface area contributed by atoms with Gasteiger partial charge in [0.05, 0.1) is 5.39 Å². The fourth-order valence-corrected chi connectivity index (χ4v) is 3.46. The average molecular weight is 347 g/mol. The number of hydrogen-bond donors (Lipinski definition) is 2. The van der Waals surface area contributed by atoms with E-state index in [9.17, 15) is 4.79 Å². The van der Waals surface area contributed by atoms with Crippen LogP contribution in [0.25, 0.3) is 21.3 Å². The van der Waals surface area contributed by atoms with Crippen molar-refractivity contribution in [3.63, 3.8) is 0 Å². The summed E-state index contributed by atoms with van der Waals surface area (Å²) >= 11 is 7.55. The smallest absolute Gasteiger partial charge is 0.225 e. The van der Waals surface area contributed by atoms with Crippen LogP contribution in [0.5, 0.6) is 0 Å². The number of benzene rings is 1. The quantitative estimate of drug-likeness (QED) is 0.547. The number of carbonyl (C=O) groups excluding carboxylic acids is 1. The third-order valence-corrected chi connectivity index (χ3v) is 4.32. The first-order chi connectivity index (χ1) is 11.1. The van der Waals surface area contributed by atoms with Gasteiger partial charge in [-0.1, -0.05) is 30.3 Å². The predicted octanol–water partition coefficient (Wildman–Crippen LogP) is 3.56. The summed E-state index contributed by atoms with van der Waals surface area (Å²) in [5.41, 5.74) is 2.18. The van der Waals surface area contributed by atoms with Crippen LogP contribution in [-0.4, -0.2) is 29.0 Å². The van der Waals surface area contributed by atoms with Crippen molar-refractivity contribution in [2.24, 2.45) is 0 Å². The van der Waals surface area contributed by atoms with Gasteiger partial charge < -0.3 is 10.6 Å². The van der Waals surface area contributed by atoms with Crippen molar-refractivity contribution in [2.45, 2.75) is 6.92 Å². The minimum atomic E-state index is -0.0572. The predicted molar refractivity (Wildman–Crippen MR) is 95.0 cm³/mol. The van der Waals surface area contributed by atoms with Crippen LogP contribution in [0, 0.1) is 0 Å². The van der Waals surface area contributed by atoms with Crippen LogP contribution >= 0.6 is 22.9 Å². The zero-order valence-electron chi connectivity index (χ0n) is 12.5. The second-order valence-corrected chi connectivity index (χ2v) is 6.14. The van der Waals surface area contributed by atoms with Gasteiger partial charge in [-0.2, -0.15) is 0 Å². The molecule has 1 aromatic carbocycles. The van der Waals surface area contributed by atoms with E-state index in [1.54, 1.807) is 0 Å². The summed E-state index contributed by atoms with van der Waals surface area (Å²) in [5.74, 6) is 0.628. The summed E-state index contributed by atoms with van der Waals surface area (Å²) < 4.78 is 0. The highest BCUT2D eigenvalue weighted by atomic mass is 35.5. The Bertz CT molecular complexity index is 835. The maximum atomic E-state index is 10.9. The van der Waals surface area contributed by atoms with Crippen LogP contribution in [0.15, 0.2) is 35.7 Å². The lowest BCUT2D eigenvalue weighted by Crippen LogP contribution is -2.26. The van der Waals surface area contributed by atoms with Crippen molar-refractivity contribution in [3.8, 4) is 11.1 Å². The summed E-state index contributed by atoms with van der Waals surface area (Å²) in [5, 5.41) is 9.20. The zero-order valence-corrected chi connectivity index (χ0v) is 14.0. The van der Waals surface area contributed by atoms with Crippen molar-refractivity contribution in [2.75, 3.05) is 18.4 Å². The molecule has 2 heterocycles. The zero-order chi connectivity index (χ0) is 16.2. The lowest BCUT2D eigenvalue weighted by atomic mass is 10.1. The minimum absolute atomic E-state index is 0.0572. The molecule has 5 nitrogen and oxygen atoms in total. The standard InChI is InChI=1S/C16H15ClN4OS/c1-10(22)18-7-8-19-14-13-12(11-5-3-2-4-6-11)9-23-15(13)21-16(17)20-14/h2-6,9H,7-8H2,1H3,(H,18,22)(H,19,20,21). The molecule has 0 spiro atoms. The summed E-state index contributed by atoms with van der Waals surface area (Å²) in [4.78, 5) is 20.4. The molecule has 0 aliphatic rings. The number of amides is 1. The number of halogens is 1. The molecule has 2 N–H and O–H groups in total. The van der Waals surface area contributed by atoms with Gasteiger partial charge in [0.1, 0.15) is 10.6 Å². The van der Waals surface area contributed by atoms with Gasteiger partial charge in [-0.05, 0) is 17.2 Å². The van der Waals surface area contributed by atoms with Crippen LogP contribution in [0.3, 0.4) is 0 Å². The number of fused-ring (bicyclic) bond motifs is 1. The number of thiophene rings is 1. The van der Waals surface area contributed by atoms with Crippen molar-refractivity contribution < 1.29 is 4.79 Å². The van der Waals surface area contributed by atoms with Gasteiger partial charge in [0.2, 0.25) is 11.2 Å². The van der Waals surface area contributed by atoms with E-state index in [1.165, 1.54) is 18.3 Å². The molecule has 3 aromatic rings. The number of carbonyl (C=O) groups is 1. The highest BCUT2D eigenvalue weighted by molar-refractivity contribution is 7.17. The lowest BCUT2D eigenvalue weighted by molar-refractivity contribution is -0.118. The molecular formula is C16H15ClN4OS. The molecule has 118 valence electrons. The Balaban J connectivity index is 1.96. The Morgan fingerprint density at radius 2 is 2.00 bits per heavy atom. The first kappa shape index (κ1) is 15.7. The van der Waals surface area contributed by atoms with Gasteiger partial charge in [0.25, 0.3) is 0 Å². The first-order valence-corrected chi connectivity index (χ1v) is 8.39. The van der Waals surface area contributed by atoms with E-state index in [1.807, 2.05) is 18.2 Å². The highest BCUT2D eigenvalue weighted by Crippen LogP contribution is 2.37. The summed E-state index contributed by atoms with van der Waals surface area (Å²) in [6, 6.07) is 10.1. The fourth-order valence-electron chi connectivity index (χ4n) is 2.29. The van der Waals surface area contributed by atoms with Crippen LogP contribution < -0.4 is 10.6 Å². The number of rotatable bonds is 5. The van der Waals surface area contributed by atoms with Gasteiger partial charge >= 0.3 is 0 Å². The van der Waals surface area contributed by atoms with Gasteiger partial charge in [0.15, 0.2) is 0 Å². The molecule has 0 fully saturated rings. The van der Waals surface area contributed by atoms with Crippen molar-refractivity contribution >= 4 is 44.9 Å². The lowest BCUT2D eigenvalue weighted by Gasteiger charge is -2.09. The topological polar surface area (TPSA) is 66.9 Å². The Kier molecular flexibility index (Phi) is 4.73. The fraction of sp³-hybridized carbons (Fsp3) is 0.188. The molecule has 0 bridgehead atoms. The summed E-state index contributed by atoms with van der Waals surface area (Å²) in [6.07, 6.45) is 0. The van der Waals surface area contributed by atoms with Gasteiger partial charge in [0, 0.05) is 31.0 Å². The monoisotopic (exact) mass is 346 g/mol. The number of nitrogens with zero attached hydrogens (tertiary/aromatic N) is 2. The van der Waals surface area contributed by atoms with E-state index in [4.69, 9.17) is 11.6 Å². The molecule has 0 saturated heterocycles. The molecule has 0 aliphatic carbocycles. The molecule has 0 atom stereocenters. The molecule has 0 unspecified atom stereocenters. The maximum absolute atomic E-state index is 10.9. The normalized spacial score (nSPS) is 10.7. The Hall–Kier alpha value is -2.18. The number of nitrogens with one attached hydrogen (secondary N) is 2. The number of aromatic nitrogens is 2. The van der Waals surface area contributed by atoms with E-state index in [-0.39, 0.29) is 11.2 Å². The molecule has 0 radical (unpaired) electrons. The molecule has 0 saturated carbocycles. The van der Waals surface area contributed by atoms with Crippen molar-refractivity contribution in [3.05, 3.63) is 41.0 Å². The van der Waals surface area contributed by atoms with Crippen LogP contribution in [-0.2, 0) is 4.79 Å². The highest BCUT2D eigenvalue weighted by Gasteiger charge is 2.14. The molecule has 7 heteroatoms. The van der Waals surface area contributed by atoms with E-state index >= 15 is 0 Å². The molecule has 1 amide bonds. The van der Waals surface area contributed by atoms with E-state index in [0.29, 0.717) is 18.9 Å². The SMILES string of the molecule is CC(=O)NCCNc1nc(Cl)nc2scc(-c3ccccc3)c12. The van der Waals surface area contributed by atoms with Crippen molar-refractivity contribution in [1.29, 1.82) is 0 Å². The summed E-state index contributed by atoms with van der Waals surface area (Å²) in [7, 11) is 0. The Labute approximate surface area is 142 Å². The molecular weight excluding hydrogens is 332 g/mol. The molecule has 2 aromatic heterocycles. The largest absolute Gasteiger partial charge is 0.368 e. The third-order valence-electron chi connectivity index (χ3n) is 3.28. The number of hydrogen-bond acceptors (Lipinski definition) is 5. The second-order valence-electron chi connectivity index (χ2n) is 4.95. The van der Waals surface area contributed by atoms with Crippen LogP contribution in [0.2, 0.25) is 5.28 Å². The minimum Gasteiger partial charge on any atom is -0.368 e. The summed E-state index contributed by atoms with van der Waals surface area (Å²) in [6.45, 7) is 2.57. The van der Waals surface area contributed by atoms with Crippen molar-refractivity contribution in [1.82, 2.24) is 15.3 Å². The average Bonchev–Trinajstić information content (AvgIpc) is 2.95. The number of anilines is 1. The Morgan fingerprint density at radius 3 is 2.74 bits per heavy atom. The third kappa shape index (κ3) is 3.60. The maximum Gasteiger partial charge on any atom is 0.225 e. The second kappa shape index (κ2) is 6.93. The molecule has 3 rings (SSSR count). The molecule has 0 aliphatic heterocycles. The van der Waals surface area contributed by atoms with Gasteiger partial charge in [-0.3, -0.25) is 4.79 Å². The first-order valence-electron chi connectivity index (χ1n) is 7.13. The van der Waals surface area contributed by atoms with Crippen LogP contribution in [0.1, 0.15) is 6.92 Å². The van der Waals surface area contributed by atoms with E-state index < -0.39 is 0 Å². The van der Waals surface area contributed by atoms with Gasteiger partial charge in [-0.15, -0.1) is 11.3 Å².